The van der Waals surface area contributed by atoms with Crippen molar-refractivity contribution in [3.63, 3.8) is 0 Å². The normalized spacial score (nSPS) is 13.9. The highest BCUT2D eigenvalue weighted by atomic mass is 16.3. The van der Waals surface area contributed by atoms with E-state index in [0.717, 1.165) is 0 Å². The van der Waals surface area contributed by atoms with Crippen LogP contribution in [-0.4, -0.2) is 25.9 Å². The minimum atomic E-state index is -0.493. The highest BCUT2D eigenvalue weighted by Gasteiger charge is 2.26. The Morgan fingerprint density at radius 2 is 2.04 bits per heavy atom. The number of aromatic hydroxyl groups is 1. The maximum atomic E-state index is 12.2. The molecule has 0 fully saturated rings. The van der Waals surface area contributed by atoms with Crippen molar-refractivity contribution in [3.8, 4) is 5.88 Å². The van der Waals surface area contributed by atoms with E-state index >= 15 is 0 Å². The van der Waals surface area contributed by atoms with Gasteiger partial charge in [-0.15, -0.1) is 0 Å². The summed E-state index contributed by atoms with van der Waals surface area (Å²) in [7, 11) is 0. The van der Waals surface area contributed by atoms with Gasteiger partial charge in [-0.2, -0.15) is 5.10 Å². The van der Waals surface area contributed by atoms with E-state index < -0.39 is 5.56 Å². The summed E-state index contributed by atoms with van der Waals surface area (Å²) in [6.07, 6.45) is 4.64. The molecule has 2 aromatic heterocycles. The fourth-order valence-corrected chi connectivity index (χ4v) is 2.57. The molecule has 24 heavy (non-hydrogen) atoms. The second-order valence-electron chi connectivity index (χ2n) is 5.19. The number of anilines is 1. The van der Waals surface area contributed by atoms with Crippen LogP contribution in [0.1, 0.15) is 11.3 Å². The van der Waals surface area contributed by atoms with Crippen LogP contribution >= 0.6 is 0 Å². The zero-order valence-corrected chi connectivity index (χ0v) is 12.3. The number of fused-ring (bicyclic) bond motifs is 1. The standard InChI is InChI=1S/C16H12N6O2/c17-14-12-13(21-22(14)10-4-2-1-3-5-10)11(15(23)20-16(12)24)6-9-7-18-8-19-9/h1-8,17,24H,(H,18,19)(H,20,23). The second-order valence-corrected chi connectivity index (χ2v) is 5.19. The van der Waals surface area contributed by atoms with Crippen LogP contribution in [0.3, 0.4) is 0 Å². The molecule has 0 radical (unpaired) electrons. The van der Waals surface area contributed by atoms with E-state index in [1.165, 1.54) is 11.3 Å². The Bertz CT molecular complexity index is 1100. The molecule has 1 aliphatic heterocycles. The van der Waals surface area contributed by atoms with E-state index in [-0.39, 0.29) is 27.9 Å². The molecular weight excluding hydrogens is 308 g/mol. The average molecular weight is 320 g/mol. The van der Waals surface area contributed by atoms with Gasteiger partial charge in [0.15, 0.2) is 5.84 Å². The van der Waals surface area contributed by atoms with Gasteiger partial charge < -0.3 is 10.1 Å². The molecule has 4 rings (SSSR count). The summed E-state index contributed by atoms with van der Waals surface area (Å²) in [5.74, 6) is -0.381. The van der Waals surface area contributed by atoms with Gasteiger partial charge in [-0.3, -0.25) is 15.2 Å². The van der Waals surface area contributed by atoms with E-state index in [4.69, 9.17) is 5.41 Å². The molecule has 3 aromatic rings. The molecule has 1 aliphatic rings. The predicted octanol–water partition coefficient (Wildman–Crippen LogP) is 0.0126. The first-order valence-electron chi connectivity index (χ1n) is 7.13. The molecule has 1 aromatic carbocycles. The van der Waals surface area contributed by atoms with Crippen LogP contribution in [-0.2, 0) is 0 Å². The lowest BCUT2D eigenvalue weighted by atomic mass is 10.2. The molecule has 0 unspecified atom stereocenters. The second kappa shape index (κ2) is 5.20. The van der Waals surface area contributed by atoms with E-state index in [0.29, 0.717) is 11.4 Å². The lowest BCUT2D eigenvalue weighted by molar-refractivity contribution is 0.449. The van der Waals surface area contributed by atoms with Crippen LogP contribution in [0.2, 0.25) is 0 Å². The van der Waals surface area contributed by atoms with Crippen molar-refractivity contribution in [2.24, 2.45) is 5.10 Å². The summed E-state index contributed by atoms with van der Waals surface area (Å²) < 4.78 is 0. The first-order valence-corrected chi connectivity index (χ1v) is 7.13. The van der Waals surface area contributed by atoms with Crippen molar-refractivity contribution in [2.45, 2.75) is 0 Å². The maximum absolute atomic E-state index is 12.2. The Kier molecular flexibility index (Phi) is 3.02. The monoisotopic (exact) mass is 320 g/mol. The Morgan fingerprint density at radius 1 is 1.25 bits per heavy atom. The van der Waals surface area contributed by atoms with Crippen molar-refractivity contribution in [1.82, 2.24) is 15.0 Å². The van der Waals surface area contributed by atoms with Gasteiger partial charge in [-0.25, -0.2) is 9.99 Å². The molecule has 4 N–H and O–H groups in total. The SMILES string of the molecule is N=C1c2c(O)[nH]c(=O)c(=Cc3cnc[nH]3)c2=NN1c1ccccc1. The number of hydrogen-bond donors (Lipinski definition) is 4. The number of hydrogen-bond acceptors (Lipinski definition) is 5. The highest BCUT2D eigenvalue weighted by Crippen LogP contribution is 2.21. The molecule has 0 amide bonds. The average Bonchev–Trinajstić information content (AvgIpc) is 3.20. The fourth-order valence-electron chi connectivity index (χ4n) is 2.57. The van der Waals surface area contributed by atoms with Crippen molar-refractivity contribution in [2.75, 3.05) is 5.01 Å². The minimum Gasteiger partial charge on any atom is -0.494 e. The number of aromatic amines is 2. The number of rotatable bonds is 2. The van der Waals surface area contributed by atoms with Crippen molar-refractivity contribution < 1.29 is 5.11 Å². The number of amidine groups is 1. The lowest BCUT2D eigenvalue weighted by Gasteiger charge is -2.13. The Labute approximate surface area is 134 Å². The van der Waals surface area contributed by atoms with Gasteiger partial charge in [-0.1, -0.05) is 18.2 Å². The summed E-state index contributed by atoms with van der Waals surface area (Å²) >= 11 is 0. The number of imidazole rings is 1. The first-order chi connectivity index (χ1) is 11.6. The summed E-state index contributed by atoms with van der Waals surface area (Å²) in [5.41, 5.74) is 0.975. The third-order valence-corrected chi connectivity index (χ3v) is 3.67. The third kappa shape index (κ3) is 2.09. The van der Waals surface area contributed by atoms with Crippen LogP contribution in [0.4, 0.5) is 5.69 Å². The number of benzene rings is 1. The number of nitrogens with zero attached hydrogens (tertiary/aromatic N) is 3. The fraction of sp³-hybridized carbons (Fsp3) is 0. The summed E-state index contributed by atoms with van der Waals surface area (Å²) in [6.45, 7) is 0. The van der Waals surface area contributed by atoms with Gasteiger partial charge in [0.1, 0.15) is 10.9 Å². The molecule has 0 saturated heterocycles. The van der Waals surface area contributed by atoms with E-state index in [1.54, 1.807) is 24.4 Å². The number of nitrogens with one attached hydrogen (secondary N) is 3. The van der Waals surface area contributed by atoms with Gasteiger partial charge in [0.25, 0.3) is 5.56 Å². The van der Waals surface area contributed by atoms with Crippen LogP contribution < -0.4 is 21.1 Å². The van der Waals surface area contributed by atoms with E-state index in [2.05, 4.69) is 20.1 Å². The zero-order chi connectivity index (χ0) is 16.7. The molecule has 0 atom stereocenters. The number of pyridine rings is 1. The van der Waals surface area contributed by atoms with Crippen LogP contribution in [0.25, 0.3) is 6.08 Å². The number of para-hydroxylation sites is 1. The van der Waals surface area contributed by atoms with Crippen LogP contribution in [0.5, 0.6) is 5.88 Å². The summed E-state index contributed by atoms with van der Waals surface area (Å²) in [6, 6.07) is 9.09. The maximum Gasteiger partial charge on any atom is 0.260 e. The molecule has 8 nitrogen and oxygen atoms in total. The smallest absolute Gasteiger partial charge is 0.260 e. The molecule has 8 heteroatoms. The van der Waals surface area contributed by atoms with E-state index in [1.807, 2.05) is 18.2 Å². The first kappa shape index (κ1) is 13.9. The third-order valence-electron chi connectivity index (χ3n) is 3.67. The molecule has 118 valence electrons. The number of aromatic nitrogens is 3. The van der Waals surface area contributed by atoms with Crippen molar-refractivity contribution in [3.05, 3.63) is 75.0 Å². The van der Waals surface area contributed by atoms with Gasteiger partial charge in [0.2, 0.25) is 5.88 Å². The van der Waals surface area contributed by atoms with Crippen molar-refractivity contribution in [1.29, 1.82) is 5.41 Å². The van der Waals surface area contributed by atoms with Crippen LogP contribution in [0.15, 0.2) is 52.8 Å². The van der Waals surface area contributed by atoms with E-state index in [9.17, 15) is 9.90 Å². The largest absolute Gasteiger partial charge is 0.494 e. The molecule has 0 spiro atoms. The number of H-pyrrole nitrogens is 2. The summed E-state index contributed by atoms with van der Waals surface area (Å²) in [4.78, 5) is 21.4. The Morgan fingerprint density at radius 3 is 2.75 bits per heavy atom. The van der Waals surface area contributed by atoms with Gasteiger partial charge in [0, 0.05) is 0 Å². The molecule has 0 aliphatic carbocycles. The molecule has 0 bridgehead atoms. The van der Waals surface area contributed by atoms with Crippen molar-refractivity contribution >= 4 is 17.6 Å². The Balaban J connectivity index is 2.01. The van der Waals surface area contributed by atoms with Crippen LogP contribution in [0, 0.1) is 5.41 Å². The van der Waals surface area contributed by atoms with Gasteiger partial charge in [-0.05, 0) is 18.2 Å². The predicted molar refractivity (Wildman–Crippen MR) is 87.4 cm³/mol. The Hall–Kier alpha value is -3.68. The highest BCUT2D eigenvalue weighted by molar-refractivity contribution is 6.10. The topological polar surface area (TPSA) is 121 Å². The molecular formula is C16H12N6O2. The quantitative estimate of drug-likeness (QED) is 0.531. The minimum absolute atomic E-state index is 0.00999. The summed E-state index contributed by atoms with van der Waals surface area (Å²) in [5, 5.41) is 24.6. The van der Waals surface area contributed by atoms with Gasteiger partial charge >= 0.3 is 0 Å². The molecule has 3 heterocycles. The zero-order valence-electron chi connectivity index (χ0n) is 12.3. The van der Waals surface area contributed by atoms with Gasteiger partial charge in [0.05, 0.1) is 29.1 Å². The lowest BCUT2D eigenvalue weighted by Crippen LogP contribution is -2.42. The molecule has 0 saturated carbocycles.